The van der Waals surface area contributed by atoms with Crippen LogP contribution in [0.4, 0.5) is 5.95 Å². The van der Waals surface area contributed by atoms with Crippen molar-refractivity contribution >= 4 is 11.9 Å². The number of carbonyl (C=O) groups excluding carboxylic acids is 1. The summed E-state index contributed by atoms with van der Waals surface area (Å²) in [5.74, 6) is 1.08. The molecular formula is C21H21N5O2. The van der Waals surface area contributed by atoms with Crippen LogP contribution in [0, 0.1) is 0 Å². The lowest BCUT2D eigenvalue weighted by Gasteiger charge is -2.17. The van der Waals surface area contributed by atoms with E-state index in [1.165, 1.54) is 0 Å². The van der Waals surface area contributed by atoms with Crippen molar-refractivity contribution in [2.75, 3.05) is 25.1 Å². The molecule has 1 aliphatic rings. The van der Waals surface area contributed by atoms with E-state index in [4.69, 9.17) is 9.72 Å². The Morgan fingerprint density at radius 2 is 1.96 bits per heavy atom. The molecule has 1 atom stereocenters. The molecule has 3 heterocycles. The van der Waals surface area contributed by atoms with Crippen LogP contribution in [-0.4, -0.2) is 47.1 Å². The Morgan fingerprint density at radius 3 is 2.79 bits per heavy atom. The minimum absolute atomic E-state index is 0.0180. The molecule has 2 aromatic heterocycles. The Kier molecular flexibility index (Phi) is 5.14. The standard InChI is InChI=1S/C21H21N5O2/c1-28-17-7-10-22-19(13-17)20(27)24-16-9-12-26(14-16)21-23-11-8-18(25-21)15-5-3-2-4-6-15/h2-8,10-11,13,16H,9,12,14H2,1H3,(H,24,27). The average Bonchev–Trinajstić information content (AvgIpc) is 3.23. The van der Waals surface area contributed by atoms with Gasteiger partial charge < -0.3 is 15.0 Å². The summed E-state index contributed by atoms with van der Waals surface area (Å²) in [6.07, 6.45) is 4.17. The van der Waals surface area contributed by atoms with E-state index in [1.54, 1.807) is 31.6 Å². The minimum Gasteiger partial charge on any atom is -0.497 e. The number of benzene rings is 1. The number of hydrogen-bond donors (Lipinski definition) is 1. The highest BCUT2D eigenvalue weighted by Crippen LogP contribution is 2.21. The number of pyridine rings is 1. The number of nitrogens with one attached hydrogen (secondary N) is 1. The van der Waals surface area contributed by atoms with E-state index in [0.717, 1.165) is 24.2 Å². The Bertz CT molecular complexity index is 964. The fraction of sp³-hybridized carbons (Fsp3) is 0.238. The van der Waals surface area contributed by atoms with Gasteiger partial charge in [0.25, 0.3) is 5.91 Å². The van der Waals surface area contributed by atoms with Crippen molar-refractivity contribution in [3.8, 4) is 17.0 Å². The number of ether oxygens (including phenoxy) is 1. The highest BCUT2D eigenvalue weighted by atomic mass is 16.5. The molecular weight excluding hydrogens is 354 g/mol. The summed E-state index contributed by atoms with van der Waals surface area (Å²) in [5.41, 5.74) is 2.29. The van der Waals surface area contributed by atoms with Crippen LogP contribution in [0.2, 0.25) is 0 Å². The molecule has 1 N–H and O–H groups in total. The van der Waals surface area contributed by atoms with E-state index in [-0.39, 0.29) is 11.9 Å². The van der Waals surface area contributed by atoms with Crippen LogP contribution in [0.25, 0.3) is 11.3 Å². The lowest BCUT2D eigenvalue weighted by atomic mass is 10.1. The van der Waals surface area contributed by atoms with E-state index in [9.17, 15) is 4.79 Å². The second kappa shape index (κ2) is 8.04. The number of rotatable bonds is 5. The second-order valence-electron chi connectivity index (χ2n) is 6.59. The van der Waals surface area contributed by atoms with Crippen LogP contribution in [0.5, 0.6) is 5.75 Å². The van der Waals surface area contributed by atoms with E-state index in [2.05, 4.69) is 20.2 Å². The van der Waals surface area contributed by atoms with Crippen LogP contribution in [0.3, 0.4) is 0 Å². The van der Waals surface area contributed by atoms with E-state index in [0.29, 0.717) is 23.9 Å². The molecule has 3 aromatic rings. The summed E-state index contributed by atoms with van der Waals surface area (Å²) in [6.45, 7) is 1.45. The molecule has 7 heteroatoms. The zero-order valence-electron chi connectivity index (χ0n) is 15.6. The van der Waals surface area contributed by atoms with Crippen LogP contribution in [-0.2, 0) is 0 Å². The quantitative estimate of drug-likeness (QED) is 0.738. The summed E-state index contributed by atoms with van der Waals surface area (Å²) in [6, 6.07) is 15.3. The minimum atomic E-state index is -0.204. The summed E-state index contributed by atoms with van der Waals surface area (Å²) in [5, 5.41) is 3.04. The van der Waals surface area contributed by atoms with Crippen molar-refractivity contribution < 1.29 is 9.53 Å². The maximum atomic E-state index is 12.5. The fourth-order valence-corrected chi connectivity index (χ4v) is 3.25. The van der Waals surface area contributed by atoms with Gasteiger partial charge in [0, 0.05) is 43.2 Å². The molecule has 4 rings (SSSR count). The van der Waals surface area contributed by atoms with Crippen molar-refractivity contribution in [1.82, 2.24) is 20.3 Å². The number of amides is 1. The molecule has 28 heavy (non-hydrogen) atoms. The van der Waals surface area contributed by atoms with Crippen molar-refractivity contribution in [3.05, 3.63) is 66.6 Å². The molecule has 0 radical (unpaired) electrons. The Labute approximate surface area is 163 Å². The largest absolute Gasteiger partial charge is 0.497 e. The van der Waals surface area contributed by atoms with E-state index >= 15 is 0 Å². The smallest absolute Gasteiger partial charge is 0.270 e. The van der Waals surface area contributed by atoms with Crippen molar-refractivity contribution in [1.29, 1.82) is 0 Å². The summed E-state index contributed by atoms with van der Waals surface area (Å²) in [7, 11) is 1.56. The van der Waals surface area contributed by atoms with Gasteiger partial charge in [-0.25, -0.2) is 9.97 Å². The highest BCUT2D eigenvalue weighted by molar-refractivity contribution is 5.92. The number of anilines is 1. The zero-order valence-corrected chi connectivity index (χ0v) is 15.6. The lowest BCUT2D eigenvalue weighted by Crippen LogP contribution is -2.37. The molecule has 142 valence electrons. The first-order valence-corrected chi connectivity index (χ1v) is 9.17. The first kappa shape index (κ1) is 17.9. The van der Waals surface area contributed by atoms with Gasteiger partial charge in [-0.1, -0.05) is 30.3 Å². The molecule has 1 fully saturated rings. The van der Waals surface area contributed by atoms with Crippen molar-refractivity contribution in [2.45, 2.75) is 12.5 Å². The monoisotopic (exact) mass is 375 g/mol. The van der Waals surface area contributed by atoms with Crippen LogP contribution < -0.4 is 15.0 Å². The second-order valence-corrected chi connectivity index (χ2v) is 6.59. The third-order valence-corrected chi connectivity index (χ3v) is 4.72. The Balaban J connectivity index is 1.42. The molecule has 0 bridgehead atoms. The fourth-order valence-electron chi connectivity index (χ4n) is 3.25. The molecule has 1 aliphatic heterocycles. The summed E-state index contributed by atoms with van der Waals surface area (Å²) < 4.78 is 5.15. The molecule has 1 unspecified atom stereocenters. The first-order chi connectivity index (χ1) is 13.7. The van der Waals surface area contributed by atoms with Gasteiger partial charge in [0.15, 0.2) is 0 Å². The number of methoxy groups -OCH3 is 1. The van der Waals surface area contributed by atoms with Gasteiger partial charge in [0.05, 0.1) is 12.8 Å². The third kappa shape index (κ3) is 3.93. The third-order valence-electron chi connectivity index (χ3n) is 4.72. The Hall–Kier alpha value is -3.48. The molecule has 0 saturated carbocycles. The SMILES string of the molecule is COc1ccnc(C(=O)NC2CCN(c3nccc(-c4ccccc4)n3)C2)c1. The first-order valence-electron chi connectivity index (χ1n) is 9.17. The van der Waals surface area contributed by atoms with Crippen LogP contribution in [0.1, 0.15) is 16.9 Å². The van der Waals surface area contributed by atoms with Gasteiger partial charge in [-0.15, -0.1) is 0 Å². The molecule has 1 amide bonds. The maximum absolute atomic E-state index is 12.5. The molecule has 0 aliphatic carbocycles. The zero-order chi connectivity index (χ0) is 19.3. The van der Waals surface area contributed by atoms with Gasteiger partial charge in [-0.3, -0.25) is 9.78 Å². The topological polar surface area (TPSA) is 80.2 Å². The molecule has 1 aromatic carbocycles. The van der Waals surface area contributed by atoms with Crippen LogP contribution in [0.15, 0.2) is 60.9 Å². The predicted octanol–water partition coefficient (Wildman–Crippen LogP) is 2.56. The van der Waals surface area contributed by atoms with Gasteiger partial charge >= 0.3 is 0 Å². The number of aromatic nitrogens is 3. The van der Waals surface area contributed by atoms with E-state index in [1.807, 2.05) is 36.4 Å². The van der Waals surface area contributed by atoms with Gasteiger partial charge in [-0.05, 0) is 18.6 Å². The van der Waals surface area contributed by atoms with Gasteiger partial charge in [0.2, 0.25) is 5.95 Å². The van der Waals surface area contributed by atoms with E-state index < -0.39 is 0 Å². The maximum Gasteiger partial charge on any atom is 0.270 e. The van der Waals surface area contributed by atoms with Crippen molar-refractivity contribution in [3.63, 3.8) is 0 Å². The molecule has 1 saturated heterocycles. The lowest BCUT2D eigenvalue weighted by molar-refractivity contribution is 0.0935. The normalized spacial score (nSPS) is 16.0. The van der Waals surface area contributed by atoms with Crippen molar-refractivity contribution in [2.24, 2.45) is 0 Å². The molecule has 0 spiro atoms. The number of nitrogens with zero attached hydrogens (tertiary/aromatic N) is 4. The average molecular weight is 375 g/mol. The molecule has 7 nitrogen and oxygen atoms in total. The number of hydrogen-bond acceptors (Lipinski definition) is 6. The van der Waals surface area contributed by atoms with Gasteiger partial charge in [-0.2, -0.15) is 0 Å². The van der Waals surface area contributed by atoms with Gasteiger partial charge in [0.1, 0.15) is 11.4 Å². The number of carbonyl (C=O) groups is 1. The Morgan fingerprint density at radius 1 is 1.14 bits per heavy atom. The highest BCUT2D eigenvalue weighted by Gasteiger charge is 2.26. The summed E-state index contributed by atoms with van der Waals surface area (Å²) >= 11 is 0. The summed E-state index contributed by atoms with van der Waals surface area (Å²) in [4.78, 5) is 27.8. The van der Waals surface area contributed by atoms with Crippen LogP contribution >= 0.6 is 0 Å². The predicted molar refractivity (Wildman–Crippen MR) is 106 cm³/mol.